The zero-order valence-electron chi connectivity index (χ0n) is 16.8. The molecule has 1 atom stereocenters. The lowest BCUT2D eigenvalue weighted by molar-refractivity contribution is -0.114. The Kier molecular flexibility index (Phi) is 7.08. The Morgan fingerprint density at radius 2 is 1.93 bits per heavy atom. The molecule has 1 aliphatic rings. The summed E-state index contributed by atoms with van der Waals surface area (Å²) in [5.74, 6) is 0.470. The van der Waals surface area contributed by atoms with Crippen molar-refractivity contribution in [2.75, 3.05) is 44.5 Å². The maximum atomic E-state index is 12.2. The summed E-state index contributed by atoms with van der Waals surface area (Å²) in [6.07, 6.45) is 2.32. The minimum atomic E-state index is -0.196. The van der Waals surface area contributed by atoms with E-state index in [1.807, 2.05) is 24.3 Å². The average molecular weight is 397 g/mol. The number of hydrogen-bond donors (Lipinski definition) is 2. The van der Waals surface area contributed by atoms with Gasteiger partial charge in [0.15, 0.2) is 0 Å². The first-order valence-corrected chi connectivity index (χ1v) is 9.71. The first-order chi connectivity index (χ1) is 14.0. The highest BCUT2D eigenvalue weighted by Gasteiger charge is 2.16. The normalized spacial score (nSPS) is 15.6. The van der Waals surface area contributed by atoms with Crippen LogP contribution in [0.1, 0.15) is 23.2 Å². The largest absolute Gasteiger partial charge is 0.491 e. The maximum absolute atomic E-state index is 12.2. The molecule has 1 heterocycles. The highest BCUT2D eigenvalue weighted by atomic mass is 16.5. The first kappa shape index (κ1) is 20.7. The van der Waals surface area contributed by atoms with E-state index < -0.39 is 0 Å². The number of hydrogen-bond acceptors (Lipinski definition) is 5. The van der Waals surface area contributed by atoms with Crippen molar-refractivity contribution in [3.63, 3.8) is 0 Å². The van der Waals surface area contributed by atoms with Crippen LogP contribution in [0.4, 0.5) is 11.4 Å². The van der Waals surface area contributed by atoms with Crippen LogP contribution >= 0.6 is 0 Å². The molecule has 29 heavy (non-hydrogen) atoms. The van der Waals surface area contributed by atoms with Crippen molar-refractivity contribution < 1.29 is 19.1 Å². The van der Waals surface area contributed by atoms with Crippen LogP contribution in [0.25, 0.3) is 0 Å². The summed E-state index contributed by atoms with van der Waals surface area (Å²) >= 11 is 0. The van der Waals surface area contributed by atoms with Gasteiger partial charge in [0.05, 0.1) is 12.6 Å². The molecule has 2 aromatic carbocycles. The minimum Gasteiger partial charge on any atom is -0.491 e. The van der Waals surface area contributed by atoms with Crippen molar-refractivity contribution in [1.29, 1.82) is 0 Å². The standard InChI is InChI=1S/C22H27N3O4/c1-25(2)22(27)16-5-3-6-18(13-16)24-21(26)14-23-17-8-10-19(11-9-17)29-15-20-7-4-12-28-20/h3,5-6,8-11,13,20,23H,4,7,12,14-15H2,1-2H3,(H,24,26). The summed E-state index contributed by atoms with van der Waals surface area (Å²) in [4.78, 5) is 25.7. The van der Waals surface area contributed by atoms with Crippen LogP contribution in [-0.2, 0) is 9.53 Å². The fraction of sp³-hybridized carbons (Fsp3) is 0.364. The molecule has 7 nitrogen and oxygen atoms in total. The van der Waals surface area contributed by atoms with E-state index in [4.69, 9.17) is 9.47 Å². The molecule has 3 rings (SSSR count). The van der Waals surface area contributed by atoms with Gasteiger partial charge in [-0.15, -0.1) is 0 Å². The number of carbonyl (C=O) groups is 2. The molecule has 1 aliphatic heterocycles. The van der Waals surface area contributed by atoms with E-state index in [1.165, 1.54) is 4.90 Å². The SMILES string of the molecule is CN(C)C(=O)c1cccc(NC(=O)CNc2ccc(OCC3CCCO3)cc2)c1. The molecule has 0 radical (unpaired) electrons. The molecular weight excluding hydrogens is 370 g/mol. The van der Waals surface area contributed by atoms with Gasteiger partial charge in [-0.1, -0.05) is 6.07 Å². The Hall–Kier alpha value is -3.06. The Morgan fingerprint density at radius 3 is 2.62 bits per heavy atom. The quantitative estimate of drug-likeness (QED) is 0.716. The van der Waals surface area contributed by atoms with E-state index in [0.717, 1.165) is 30.9 Å². The van der Waals surface area contributed by atoms with E-state index in [9.17, 15) is 9.59 Å². The third-order valence-corrected chi connectivity index (χ3v) is 4.57. The molecule has 0 aromatic heterocycles. The summed E-state index contributed by atoms with van der Waals surface area (Å²) in [7, 11) is 3.38. The molecule has 1 saturated heterocycles. The van der Waals surface area contributed by atoms with Gasteiger partial charge in [-0.2, -0.15) is 0 Å². The summed E-state index contributed by atoms with van der Waals surface area (Å²) < 4.78 is 11.3. The zero-order valence-corrected chi connectivity index (χ0v) is 16.8. The lowest BCUT2D eigenvalue weighted by Gasteiger charge is -2.13. The molecule has 1 unspecified atom stereocenters. The van der Waals surface area contributed by atoms with Crippen molar-refractivity contribution in [2.24, 2.45) is 0 Å². The summed E-state index contributed by atoms with van der Waals surface area (Å²) in [5.41, 5.74) is 1.93. The molecule has 0 aliphatic carbocycles. The molecule has 1 fully saturated rings. The second-order valence-electron chi connectivity index (χ2n) is 7.15. The number of carbonyl (C=O) groups excluding carboxylic acids is 2. The van der Waals surface area contributed by atoms with E-state index in [1.54, 1.807) is 38.4 Å². The Labute approximate surface area is 171 Å². The van der Waals surface area contributed by atoms with Crippen LogP contribution in [0.5, 0.6) is 5.75 Å². The Balaban J connectivity index is 1.45. The van der Waals surface area contributed by atoms with Gasteiger partial charge in [-0.05, 0) is 55.3 Å². The van der Waals surface area contributed by atoms with Crippen LogP contribution < -0.4 is 15.4 Å². The first-order valence-electron chi connectivity index (χ1n) is 9.71. The zero-order chi connectivity index (χ0) is 20.6. The van der Waals surface area contributed by atoms with Crippen LogP contribution in [0.15, 0.2) is 48.5 Å². The number of rotatable bonds is 8. The van der Waals surface area contributed by atoms with Gasteiger partial charge in [0.1, 0.15) is 12.4 Å². The van der Waals surface area contributed by atoms with E-state index in [2.05, 4.69) is 10.6 Å². The molecule has 154 valence electrons. The van der Waals surface area contributed by atoms with E-state index in [0.29, 0.717) is 17.9 Å². The van der Waals surface area contributed by atoms with Gasteiger partial charge in [0.25, 0.3) is 5.91 Å². The number of nitrogens with one attached hydrogen (secondary N) is 2. The van der Waals surface area contributed by atoms with Crippen LogP contribution in [0.2, 0.25) is 0 Å². The lowest BCUT2D eigenvalue weighted by Crippen LogP contribution is -2.23. The third-order valence-electron chi connectivity index (χ3n) is 4.57. The van der Waals surface area contributed by atoms with E-state index in [-0.39, 0.29) is 24.5 Å². The minimum absolute atomic E-state index is 0.110. The van der Waals surface area contributed by atoms with Crippen molar-refractivity contribution in [2.45, 2.75) is 18.9 Å². The molecular formula is C22H27N3O4. The van der Waals surface area contributed by atoms with E-state index >= 15 is 0 Å². The van der Waals surface area contributed by atoms with Gasteiger partial charge < -0.3 is 25.0 Å². The number of anilines is 2. The molecule has 0 saturated carbocycles. The molecule has 0 bridgehead atoms. The lowest BCUT2D eigenvalue weighted by atomic mass is 10.2. The van der Waals surface area contributed by atoms with Crippen LogP contribution in [0, 0.1) is 0 Å². The van der Waals surface area contributed by atoms with Gasteiger partial charge in [0, 0.05) is 37.6 Å². The maximum Gasteiger partial charge on any atom is 0.253 e. The third kappa shape index (κ3) is 6.22. The predicted octanol–water partition coefficient (Wildman–Crippen LogP) is 3.00. The summed E-state index contributed by atoms with van der Waals surface area (Å²) in [6.45, 7) is 1.49. The van der Waals surface area contributed by atoms with Gasteiger partial charge in [0.2, 0.25) is 5.91 Å². The molecule has 2 amide bonds. The topological polar surface area (TPSA) is 79.9 Å². The van der Waals surface area contributed by atoms with Crippen molar-refractivity contribution in [1.82, 2.24) is 4.90 Å². The average Bonchev–Trinajstić information content (AvgIpc) is 3.25. The Morgan fingerprint density at radius 1 is 1.14 bits per heavy atom. The molecule has 2 aromatic rings. The highest BCUT2D eigenvalue weighted by Crippen LogP contribution is 2.18. The van der Waals surface area contributed by atoms with Crippen LogP contribution in [0.3, 0.4) is 0 Å². The number of nitrogens with zero attached hydrogens (tertiary/aromatic N) is 1. The summed E-state index contributed by atoms with van der Waals surface area (Å²) in [5, 5.41) is 5.88. The van der Waals surface area contributed by atoms with Gasteiger partial charge >= 0.3 is 0 Å². The molecule has 7 heteroatoms. The number of amides is 2. The van der Waals surface area contributed by atoms with Crippen molar-refractivity contribution >= 4 is 23.2 Å². The smallest absolute Gasteiger partial charge is 0.253 e. The highest BCUT2D eigenvalue weighted by molar-refractivity contribution is 5.97. The predicted molar refractivity (Wildman–Crippen MR) is 112 cm³/mol. The number of ether oxygens (including phenoxy) is 2. The van der Waals surface area contributed by atoms with Crippen molar-refractivity contribution in [3.8, 4) is 5.75 Å². The second kappa shape index (κ2) is 9.93. The van der Waals surface area contributed by atoms with Crippen molar-refractivity contribution in [3.05, 3.63) is 54.1 Å². The summed E-state index contributed by atoms with van der Waals surface area (Å²) in [6, 6.07) is 14.4. The van der Waals surface area contributed by atoms with Gasteiger partial charge in [-0.3, -0.25) is 9.59 Å². The number of benzene rings is 2. The monoisotopic (exact) mass is 397 g/mol. The Bertz CT molecular complexity index is 830. The molecule has 0 spiro atoms. The second-order valence-corrected chi connectivity index (χ2v) is 7.15. The fourth-order valence-corrected chi connectivity index (χ4v) is 3.01. The van der Waals surface area contributed by atoms with Crippen LogP contribution in [-0.4, -0.2) is 56.7 Å². The fourth-order valence-electron chi connectivity index (χ4n) is 3.01. The van der Waals surface area contributed by atoms with Gasteiger partial charge in [-0.25, -0.2) is 0 Å². The molecule has 2 N–H and O–H groups in total.